The fourth-order valence-corrected chi connectivity index (χ4v) is 2.99. The highest BCUT2D eigenvalue weighted by Gasteiger charge is 2.19. The lowest BCUT2D eigenvalue weighted by atomic mass is 10.1. The fraction of sp³-hybridized carbons (Fsp3) is 0.200. The highest BCUT2D eigenvalue weighted by molar-refractivity contribution is 7.92. The van der Waals surface area contributed by atoms with Gasteiger partial charge < -0.3 is 0 Å². The predicted octanol–water partition coefficient (Wildman–Crippen LogP) is 3.86. The largest absolute Gasteiger partial charge is 0.277 e. The molecule has 0 bridgehead atoms. The van der Waals surface area contributed by atoms with Gasteiger partial charge in [0.25, 0.3) is 10.0 Å². The van der Waals surface area contributed by atoms with Gasteiger partial charge in [-0.2, -0.15) is 0 Å². The molecular formula is C15H14F3NO2S. The van der Waals surface area contributed by atoms with Gasteiger partial charge in [0.1, 0.15) is 0 Å². The predicted molar refractivity (Wildman–Crippen MR) is 77.6 cm³/mol. The highest BCUT2D eigenvalue weighted by Crippen LogP contribution is 2.23. The molecule has 0 amide bonds. The number of anilines is 1. The van der Waals surface area contributed by atoms with Crippen molar-refractivity contribution < 1.29 is 21.6 Å². The SMILES string of the molecule is CCCc1ccc(S(=O)(=O)Nc2ccc(F)c(F)c2F)cc1. The maximum absolute atomic E-state index is 13.5. The van der Waals surface area contributed by atoms with Crippen molar-refractivity contribution in [2.24, 2.45) is 0 Å². The molecule has 0 spiro atoms. The first-order valence-corrected chi connectivity index (χ1v) is 8.08. The average Bonchev–Trinajstić information content (AvgIpc) is 2.49. The van der Waals surface area contributed by atoms with E-state index in [2.05, 4.69) is 0 Å². The third-order valence-corrected chi connectivity index (χ3v) is 4.43. The summed E-state index contributed by atoms with van der Waals surface area (Å²) < 4.78 is 65.7. The molecule has 2 aromatic carbocycles. The first-order valence-electron chi connectivity index (χ1n) is 6.60. The average molecular weight is 329 g/mol. The van der Waals surface area contributed by atoms with Crippen LogP contribution in [0.2, 0.25) is 0 Å². The van der Waals surface area contributed by atoms with E-state index in [9.17, 15) is 21.6 Å². The molecule has 0 aromatic heterocycles. The van der Waals surface area contributed by atoms with Crippen LogP contribution < -0.4 is 4.72 Å². The Morgan fingerprint density at radius 1 is 0.955 bits per heavy atom. The number of nitrogens with one attached hydrogen (secondary N) is 1. The number of hydrogen-bond donors (Lipinski definition) is 1. The van der Waals surface area contributed by atoms with Crippen molar-refractivity contribution in [1.29, 1.82) is 0 Å². The van der Waals surface area contributed by atoms with Crippen LogP contribution in [0.25, 0.3) is 0 Å². The van der Waals surface area contributed by atoms with E-state index in [1.807, 2.05) is 11.6 Å². The Morgan fingerprint density at radius 2 is 1.59 bits per heavy atom. The molecule has 0 fully saturated rings. The van der Waals surface area contributed by atoms with Crippen LogP contribution >= 0.6 is 0 Å². The summed E-state index contributed by atoms with van der Waals surface area (Å²) in [5.41, 5.74) is 0.331. The molecule has 0 aliphatic heterocycles. The molecule has 0 heterocycles. The van der Waals surface area contributed by atoms with E-state index in [1.54, 1.807) is 12.1 Å². The minimum atomic E-state index is -4.08. The van der Waals surface area contributed by atoms with Gasteiger partial charge in [-0.3, -0.25) is 4.72 Å². The van der Waals surface area contributed by atoms with Crippen LogP contribution in [0.15, 0.2) is 41.3 Å². The minimum Gasteiger partial charge on any atom is -0.277 e. The van der Waals surface area contributed by atoms with E-state index < -0.39 is 33.2 Å². The lowest BCUT2D eigenvalue weighted by Gasteiger charge is -2.10. The second-order valence-electron chi connectivity index (χ2n) is 4.72. The van der Waals surface area contributed by atoms with Crippen molar-refractivity contribution >= 4 is 15.7 Å². The zero-order chi connectivity index (χ0) is 16.3. The topological polar surface area (TPSA) is 46.2 Å². The van der Waals surface area contributed by atoms with Crippen molar-refractivity contribution in [3.63, 3.8) is 0 Å². The molecule has 3 nitrogen and oxygen atoms in total. The Labute approximate surface area is 126 Å². The van der Waals surface area contributed by atoms with Crippen molar-refractivity contribution in [3.05, 3.63) is 59.4 Å². The first-order chi connectivity index (χ1) is 10.3. The summed E-state index contributed by atoms with van der Waals surface area (Å²) in [6.45, 7) is 2.00. The molecule has 0 unspecified atom stereocenters. The molecule has 1 N–H and O–H groups in total. The van der Waals surface area contributed by atoms with Crippen molar-refractivity contribution in [2.75, 3.05) is 4.72 Å². The number of halogens is 3. The van der Waals surface area contributed by atoms with Gasteiger partial charge in [-0.15, -0.1) is 0 Å². The summed E-state index contributed by atoms with van der Waals surface area (Å²) in [7, 11) is -4.08. The van der Waals surface area contributed by atoms with Gasteiger partial charge in [-0.05, 0) is 36.2 Å². The van der Waals surface area contributed by atoms with Crippen molar-refractivity contribution in [2.45, 2.75) is 24.7 Å². The summed E-state index contributed by atoms with van der Waals surface area (Å²) in [6, 6.07) is 7.55. The Kier molecular flexibility index (Phi) is 4.75. The van der Waals surface area contributed by atoms with Crippen LogP contribution in [0.3, 0.4) is 0 Å². The molecule has 0 atom stereocenters. The molecule has 0 aliphatic carbocycles. The van der Waals surface area contributed by atoms with E-state index in [0.29, 0.717) is 6.07 Å². The molecule has 7 heteroatoms. The van der Waals surface area contributed by atoms with E-state index in [-0.39, 0.29) is 4.90 Å². The number of aryl methyl sites for hydroxylation is 1. The summed E-state index contributed by atoms with van der Waals surface area (Å²) in [4.78, 5) is -0.0866. The number of sulfonamides is 1. The van der Waals surface area contributed by atoms with Crippen LogP contribution in [0.4, 0.5) is 18.9 Å². The smallest absolute Gasteiger partial charge is 0.261 e. The van der Waals surface area contributed by atoms with Crippen LogP contribution in [0, 0.1) is 17.5 Å². The second-order valence-corrected chi connectivity index (χ2v) is 6.40. The highest BCUT2D eigenvalue weighted by atomic mass is 32.2. The zero-order valence-corrected chi connectivity index (χ0v) is 12.6. The summed E-state index contributed by atoms with van der Waals surface area (Å²) >= 11 is 0. The fourth-order valence-electron chi connectivity index (χ4n) is 1.93. The molecule has 2 aromatic rings. The van der Waals surface area contributed by atoms with Gasteiger partial charge in [0.05, 0.1) is 10.6 Å². The van der Waals surface area contributed by atoms with Gasteiger partial charge in [0.15, 0.2) is 17.5 Å². The number of rotatable bonds is 5. The Balaban J connectivity index is 2.30. The van der Waals surface area contributed by atoms with Gasteiger partial charge in [-0.25, -0.2) is 21.6 Å². The van der Waals surface area contributed by atoms with Crippen molar-refractivity contribution in [3.8, 4) is 0 Å². The third kappa shape index (κ3) is 3.41. The zero-order valence-electron chi connectivity index (χ0n) is 11.7. The third-order valence-electron chi connectivity index (χ3n) is 3.05. The Morgan fingerprint density at radius 3 is 2.18 bits per heavy atom. The molecule has 2 rings (SSSR count). The molecule has 22 heavy (non-hydrogen) atoms. The molecule has 0 saturated heterocycles. The maximum Gasteiger partial charge on any atom is 0.261 e. The lowest BCUT2D eigenvalue weighted by molar-refractivity contribution is 0.449. The molecule has 118 valence electrons. The normalized spacial score (nSPS) is 11.5. The van der Waals surface area contributed by atoms with Gasteiger partial charge in [-0.1, -0.05) is 25.5 Å². The first kappa shape index (κ1) is 16.4. The van der Waals surface area contributed by atoms with Crippen LogP contribution in [0.5, 0.6) is 0 Å². The monoisotopic (exact) mass is 329 g/mol. The van der Waals surface area contributed by atoms with E-state index in [4.69, 9.17) is 0 Å². The van der Waals surface area contributed by atoms with Gasteiger partial charge in [0, 0.05) is 0 Å². The second kappa shape index (κ2) is 6.39. The van der Waals surface area contributed by atoms with E-state index >= 15 is 0 Å². The summed E-state index contributed by atoms with van der Waals surface area (Å²) in [5, 5.41) is 0. The van der Waals surface area contributed by atoms with E-state index in [1.165, 1.54) is 12.1 Å². The van der Waals surface area contributed by atoms with Crippen LogP contribution in [-0.2, 0) is 16.4 Å². The summed E-state index contributed by atoms with van der Waals surface area (Å²) in [5.74, 6) is -4.69. The molecular weight excluding hydrogens is 315 g/mol. The Bertz CT molecular complexity index is 774. The lowest BCUT2D eigenvalue weighted by Crippen LogP contribution is -2.14. The standard InChI is InChI=1S/C15H14F3NO2S/c1-2-3-10-4-6-11(7-5-10)22(20,21)19-13-9-8-12(16)14(17)15(13)18/h4-9,19H,2-3H2,1H3. The molecule has 0 radical (unpaired) electrons. The molecule has 0 saturated carbocycles. The van der Waals surface area contributed by atoms with E-state index in [0.717, 1.165) is 24.5 Å². The van der Waals surface area contributed by atoms with Crippen LogP contribution in [0.1, 0.15) is 18.9 Å². The van der Waals surface area contributed by atoms with Crippen molar-refractivity contribution in [1.82, 2.24) is 0 Å². The minimum absolute atomic E-state index is 0.0866. The van der Waals surface area contributed by atoms with Gasteiger partial charge >= 0.3 is 0 Å². The van der Waals surface area contributed by atoms with Gasteiger partial charge in [0.2, 0.25) is 0 Å². The summed E-state index contributed by atoms with van der Waals surface area (Å²) in [6.07, 6.45) is 1.73. The Hall–Kier alpha value is -2.02. The maximum atomic E-state index is 13.5. The number of hydrogen-bond acceptors (Lipinski definition) is 2. The number of benzene rings is 2. The molecule has 0 aliphatic rings. The quantitative estimate of drug-likeness (QED) is 0.847. The van der Waals surface area contributed by atoms with Crippen LogP contribution in [-0.4, -0.2) is 8.42 Å².